The Bertz CT molecular complexity index is 268. The minimum atomic E-state index is -0.324. The number of carbonyl (C=O) groups excluding carboxylic acids is 2. The molecule has 0 spiro atoms. The number of carbonyl (C=O) groups is 2. The third kappa shape index (κ3) is 2.99. The monoisotopic (exact) mass is 228 g/mol. The first-order valence-corrected chi connectivity index (χ1v) is 6.31. The van der Waals surface area contributed by atoms with Gasteiger partial charge in [-0.3, -0.25) is 9.69 Å². The molecule has 1 rings (SSSR count). The van der Waals surface area contributed by atoms with Crippen molar-refractivity contribution in [2.24, 2.45) is 0 Å². The second-order valence-electron chi connectivity index (χ2n) is 3.35. The highest BCUT2D eigenvalue weighted by Gasteiger charge is 2.36. The first-order chi connectivity index (χ1) is 7.20. The van der Waals surface area contributed by atoms with Gasteiger partial charge in [-0.2, -0.15) is 11.8 Å². The molecule has 0 unspecified atom stereocenters. The van der Waals surface area contributed by atoms with Crippen LogP contribution in [0.15, 0.2) is 12.7 Å². The van der Waals surface area contributed by atoms with E-state index in [1.807, 2.05) is 6.26 Å². The number of amides is 3. The van der Waals surface area contributed by atoms with Crippen LogP contribution in [0.2, 0.25) is 0 Å². The van der Waals surface area contributed by atoms with Crippen molar-refractivity contribution in [3.63, 3.8) is 0 Å². The van der Waals surface area contributed by atoms with Crippen LogP contribution < -0.4 is 5.32 Å². The summed E-state index contributed by atoms with van der Waals surface area (Å²) in [4.78, 5) is 24.4. The number of nitrogens with zero attached hydrogens (tertiary/aromatic N) is 1. The Balaban J connectivity index is 2.50. The van der Waals surface area contributed by atoms with Gasteiger partial charge in [0.1, 0.15) is 6.04 Å². The number of hydrogen-bond acceptors (Lipinski definition) is 3. The maximum atomic E-state index is 11.7. The molecule has 1 fully saturated rings. The highest BCUT2D eigenvalue weighted by molar-refractivity contribution is 7.98. The van der Waals surface area contributed by atoms with Crippen LogP contribution in [-0.4, -0.2) is 41.4 Å². The van der Waals surface area contributed by atoms with Gasteiger partial charge in [-0.25, -0.2) is 4.79 Å². The highest BCUT2D eigenvalue weighted by Crippen LogP contribution is 2.12. The zero-order chi connectivity index (χ0) is 11.3. The number of nitrogens with one attached hydrogen (secondary N) is 1. The normalized spacial score (nSPS) is 20.6. The molecule has 0 radical (unpaired) electrons. The number of hydrogen-bond donors (Lipinski definition) is 1. The van der Waals surface area contributed by atoms with Gasteiger partial charge in [0, 0.05) is 6.54 Å². The van der Waals surface area contributed by atoms with E-state index in [9.17, 15) is 9.59 Å². The lowest BCUT2D eigenvalue weighted by Gasteiger charge is -2.10. The summed E-state index contributed by atoms with van der Waals surface area (Å²) in [7, 11) is 0. The maximum absolute atomic E-state index is 11.7. The van der Waals surface area contributed by atoms with E-state index in [-0.39, 0.29) is 18.0 Å². The van der Waals surface area contributed by atoms with Crippen LogP contribution in [0, 0.1) is 0 Å². The number of urea groups is 1. The van der Waals surface area contributed by atoms with Gasteiger partial charge in [0.2, 0.25) is 0 Å². The molecule has 84 valence electrons. The van der Waals surface area contributed by atoms with Gasteiger partial charge < -0.3 is 5.32 Å². The van der Waals surface area contributed by atoms with E-state index in [4.69, 9.17) is 0 Å². The van der Waals surface area contributed by atoms with Crippen molar-refractivity contribution >= 4 is 23.7 Å². The summed E-state index contributed by atoms with van der Waals surface area (Å²) < 4.78 is 0. The molecule has 0 bridgehead atoms. The van der Waals surface area contributed by atoms with Gasteiger partial charge in [-0.1, -0.05) is 6.08 Å². The van der Waals surface area contributed by atoms with Crippen LogP contribution in [0.4, 0.5) is 4.79 Å². The standard InChI is InChI=1S/C10H16N2O2S/c1-3-4-6-12-9(13)8(5-7-15-2)11-10(12)14/h3,8H,1,4-7H2,2H3,(H,11,14)/t8-/m1/s1. The molecule has 4 nitrogen and oxygen atoms in total. The molecule has 1 aliphatic rings. The van der Waals surface area contributed by atoms with E-state index in [1.54, 1.807) is 17.8 Å². The second kappa shape index (κ2) is 5.80. The van der Waals surface area contributed by atoms with Crippen molar-refractivity contribution < 1.29 is 9.59 Å². The molecule has 1 saturated heterocycles. The lowest BCUT2D eigenvalue weighted by Crippen LogP contribution is -2.32. The second-order valence-corrected chi connectivity index (χ2v) is 4.34. The summed E-state index contributed by atoms with van der Waals surface area (Å²) in [6, 6.07) is -0.595. The van der Waals surface area contributed by atoms with Gasteiger partial charge in [-0.15, -0.1) is 6.58 Å². The van der Waals surface area contributed by atoms with Crippen LogP contribution >= 0.6 is 11.8 Å². The number of thioether (sulfide) groups is 1. The van der Waals surface area contributed by atoms with Crippen LogP contribution in [0.25, 0.3) is 0 Å². The first-order valence-electron chi connectivity index (χ1n) is 4.92. The average Bonchev–Trinajstić information content (AvgIpc) is 2.49. The Morgan fingerprint density at radius 2 is 2.33 bits per heavy atom. The van der Waals surface area contributed by atoms with Crippen molar-refractivity contribution in [1.29, 1.82) is 0 Å². The molecule has 0 aromatic heterocycles. The fourth-order valence-electron chi connectivity index (χ4n) is 1.44. The van der Waals surface area contributed by atoms with E-state index in [0.717, 1.165) is 5.75 Å². The van der Waals surface area contributed by atoms with Crippen molar-refractivity contribution in [2.75, 3.05) is 18.6 Å². The first kappa shape index (κ1) is 12.1. The minimum absolute atomic E-state index is 0.101. The molecule has 1 aliphatic heterocycles. The van der Waals surface area contributed by atoms with E-state index in [0.29, 0.717) is 19.4 Å². The molecule has 0 aromatic carbocycles. The van der Waals surface area contributed by atoms with Gasteiger partial charge in [0.05, 0.1) is 0 Å². The fourth-order valence-corrected chi connectivity index (χ4v) is 1.91. The van der Waals surface area contributed by atoms with Crippen LogP contribution in [0.5, 0.6) is 0 Å². The highest BCUT2D eigenvalue weighted by atomic mass is 32.2. The third-order valence-electron chi connectivity index (χ3n) is 2.27. The molecular weight excluding hydrogens is 212 g/mol. The topological polar surface area (TPSA) is 49.4 Å². The molecule has 3 amide bonds. The predicted octanol–water partition coefficient (Wildman–Crippen LogP) is 1.24. The zero-order valence-electron chi connectivity index (χ0n) is 8.86. The van der Waals surface area contributed by atoms with Crippen molar-refractivity contribution in [1.82, 2.24) is 10.2 Å². The molecule has 1 heterocycles. The Morgan fingerprint density at radius 3 is 2.93 bits per heavy atom. The summed E-state index contributed by atoms with van der Waals surface area (Å²) in [5.41, 5.74) is 0. The van der Waals surface area contributed by atoms with E-state index < -0.39 is 0 Å². The largest absolute Gasteiger partial charge is 0.326 e. The van der Waals surface area contributed by atoms with Gasteiger partial charge in [0.25, 0.3) is 5.91 Å². The maximum Gasteiger partial charge on any atom is 0.324 e. The van der Waals surface area contributed by atoms with Gasteiger partial charge in [-0.05, 0) is 24.9 Å². The van der Waals surface area contributed by atoms with E-state index >= 15 is 0 Å². The Kier molecular flexibility index (Phi) is 4.68. The molecule has 0 aromatic rings. The van der Waals surface area contributed by atoms with Crippen molar-refractivity contribution in [3.8, 4) is 0 Å². The van der Waals surface area contributed by atoms with Crippen LogP contribution in [0.3, 0.4) is 0 Å². The third-order valence-corrected chi connectivity index (χ3v) is 2.92. The Hall–Kier alpha value is -0.970. The summed E-state index contributed by atoms with van der Waals surface area (Å²) in [6.45, 7) is 4.00. The van der Waals surface area contributed by atoms with Crippen molar-refractivity contribution in [2.45, 2.75) is 18.9 Å². The minimum Gasteiger partial charge on any atom is -0.326 e. The SMILES string of the molecule is C=CCCN1C(=O)N[C@H](CCSC)C1=O. The summed E-state index contributed by atoms with van der Waals surface area (Å²) in [5, 5.41) is 2.69. The molecule has 1 N–H and O–H groups in total. The van der Waals surface area contributed by atoms with E-state index in [2.05, 4.69) is 11.9 Å². The Morgan fingerprint density at radius 1 is 1.60 bits per heavy atom. The Labute approximate surface area is 94.1 Å². The number of imide groups is 1. The zero-order valence-corrected chi connectivity index (χ0v) is 9.68. The van der Waals surface area contributed by atoms with Crippen LogP contribution in [-0.2, 0) is 4.79 Å². The quantitative estimate of drug-likeness (QED) is 0.549. The lowest BCUT2D eigenvalue weighted by molar-refractivity contribution is -0.127. The molecule has 15 heavy (non-hydrogen) atoms. The fraction of sp³-hybridized carbons (Fsp3) is 0.600. The molecule has 1 atom stereocenters. The smallest absolute Gasteiger partial charge is 0.324 e. The lowest BCUT2D eigenvalue weighted by atomic mass is 10.2. The molecule has 5 heteroatoms. The number of rotatable bonds is 6. The molecular formula is C10H16N2O2S. The van der Waals surface area contributed by atoms with Crippen LogP contribution in [0.1, 0.15) is 12.8 Å². The summed E-state index contributed by atoms with van der Waals surface area (Å²) in [6.07, 6.45) is 5.04. The van der Waals surface area contributed by atoms with E-state index in [1.165, 1.54) is 4.90 Å². The van der Waals surface area contributed by atoms with Gasteiger partial charge >= 0.3 is 6.03 Å². The van der Waals surface area contributed by atoms with Gasteiger partial charge in [0.15, 0.2) is 0 Å². The summed E-state index contributed by atoms with van der Waals surface area (Å²) >= 11 is 1.67. The predicted molar refractivity (Wildman–Crippen MR) is 61.8 cm³/mol. The molecule has 0 aliphatic carbocycles. The molecule has 0 saturated carbocycles. The van der Waals surface area contributed by atoms with Crippen molar-refractivity contribution in [3.05, 3.63) is 12.7 Å². The summed E-state index contributed by atoms with van der Waals surface area (Å²) in [5.74, 6) is 0.780. The average molecular weight is 228 g/mol.